The van der Waals surface area contributed by atoms with Crippen molar-refractivity contribution in [1.29, 1.82) is 0 Å². The van der Waals surface area contributed by atoms with Gasteiger partial charge in [0.2, 0.25) is 5.91 Å². The van der Waals surface area contributed by atoms with Crippen molar-refractivity contribution in [3.8, 4) is 0 Å². The molecule has 4 atom stereocenters. The zero-order valence-corrected chi connectivity index (χ0v) is 12.2. The lowest BCUT2D eigenvalue weighted by Gasteiger charge is -2.23. The molecule has 2 N–H and O–H groups in total. The molecule has 0 spiro atoms. The van der Waals surface area contributed by atoms with Gasteiger partial charge >= 0.3 is 5.97 Å². The van der Waals surface area contributed by atoms with E-state index in [-0.39, 0.29) is 18.1 Å². The van der Waals surface area contributed by atoms with Crippen LogP contribution in [0, 0.1) is 11.8 Å². The molecule has 3 rings (SSSR count). The van der Waals surface area contributed by atoms with E-state index in [1.165, 1.54) is 0 Å². The molecule has 2 heterocycles. The minimum atomic E-state index is -0.951. The number of benzene rings is 1. The number of ether oxygens (including phenoxy) is 1. The number of carbonyl (C=O) groups excluding carboxylic acids is 1. The van der Waals surface area contributed by atoms with E-state index in [0.717, 1.165) is 17.3 Å². The van der Waals surface area contributed by atoms with Crippen LogP contribution < -0.4 is 5.32 Å². The number of aliphatic carboxylic acids is 1. The zero-order valence-electron chi connectivity index (χ0n) is 10.6. The second kappa shape index (κ2) is 5.18. The molecule has 0 saturated carbocycles. The highest BCUT2D eigenvalue weighted by molar-refractivity contribution is 9.10. The zero-order chi connectivity index (χ0) is 14.3. The van der Waals surface area contributed by atoms with Crippen molar-refractivity contribution in [2.24, 2.45) is 11.8 Å². The predicted octanol–water partition coefficient (Wildman–Crippen LogP) is 2.27. The fraction of sp³-hybridized carbons (Fsp3) is 0.429. The van der Waals surface area contributed by atoms with E-state index < -0.39 is 17.8 Å². The summed E-state index contributed by atoms with van der Waals surface area (Å²) in [5, 5.41) is 12.1. The third-order valence-electron chi connectivity index (χ3n) is 3.97. The molecular weight excluding hydrogens is 326 g/mol. The molecule has 1 aromatic rings. The number of hydrogen-bond donors (Lipinski definition) is 2. The summed E-state index contributed by atoms with van der Waals surface area (Å²) < 4.78 is 6.51. The molecule has 2 fully saturated rings. The van der Waals surface area contributed by atoms with Gasteiger partial charge in [-0.05, 0) is 37.1 Å². The Morgan fingerprint density at radius 3 is 2.35 bits per heavy atom. The van der Waals surface area contributed by atoms with Gasteiger partial charge in [-0.2, -0.15) is 0 Å². The average Bonchev–Trinajstić information content (AvgIpc) is 3.01. The number of anilines is 1. The van der Waals surface area contributed by atoms with Crippen LogP contribution in [0.5, 0.6) is 0 Å². The van der Waals surface area contributed by atoms with Crippen molar-refractivity contribution in [2.45, 2.75) is 25.0 Å². The van der Waals surface area contributed by atoms with Crippen molar-refractivity contribution >= 4 is 33.5 Å². The van der Waals surface area contributed by atoms with Crippen molar-refractivity contribution in [1.82, 2.24) is 0 Å². The first kappa shape index (κ1) is 13.6. The van der Waals surface area contributed by atoms with E-state index in [4.69, 9.17) is 4.74 Å². The lowest BCUT2D eigenvalue weighted by Crippen LogP contribution is -2.40. The Bertz CT molecular complexity index is 545. The van der Waals surface area contributed by atoms with E-state index in [1.807, 2.05) is 12.1 Å². The predicted molar refractivity (Wildman–Crippen MR) is 75.3 cm³/mol. The van der Waals surface area contributed by atoms with Crippen LogP contribution in [0.4, 0.5) is 5.69 Å². The summed E-state index contributed by atoms with van der Waals surface area (Å²) in [6.45, 7) is 0. The highest BCUT2D eigenvalue weighted by Crippen LogP contribution is 2.44. The Labute approximate surface area is 124 Å². The van der Waals surface area contributed by atoms with Gasteiger partial charge in [0.1, 0.15) is 0 Å². The number of hydrogen-bond acceptors (Lipinski definition) is 3. The summed E-state index contributed by atoms with van der Waals surface area (Å²) in [6.07, 6.45) is 0.894. The number of fused-ring (bicyclic) bond motifs is 2. The maximum absolute atomic E-state index is 12.3. The van der Waals surface area contributed by atoms with E-state index in [0.29, 0.717) is 5.69 Å². The first-order valence-electron chi connectivity index (χ1n) is 6.51. The van der Waals surface area contributed by atoms with Crippen molar-refractivity contribution in [2.75, 3.05) is 5.32 Å². The normalized spacial score (nSPS) is 31.2. The Balaban J connectivity index is 1.76. The van der Waals surface area contributed by atoms with Crippen LogP contribution in [0.25, 0.3) is 0 Å². The fourth-order valence-electron chi connectivity index (χ4n) is 3.08. The number of rotatable bonds is 3. The molecule has 2 aliphatic heterocycles. The molecule has 20 heavy (non-hydrogen) atoms. The van der Waals surface area contributed by atoms with Crippen molar-refractivity contribution < 1.29 is 19.4 Å². The van der Waals surface area contributed by atoms with Crippen molar-refractivity contribution in [3.05, 3.63) is 28.7 Å². The molecule has 5 nitrogen and oxygen atoms in total. The summed E-state index contributed by atoms with van der Waals surface area (Å²) in [7, 11) is 0. The van der Waals surface area contributed by atoms with Gasteiger partial charge in [-0.1, -0.05) is 15.9 Å². The van der Waals surface area contributed by atoms with Crippen LogP contribution in [0.1, 0.15) is 12.8 Å². The minimum absolute atomic E-state index is 0.267. The SMILES string of the molecule is O=C(O)[C@@H]1[C@H](C(=O)Nc2ccc(Br)cc2)[C@H]2CC[C@@H]1O2. The molecule has 0 radical (unpaired) electrons. The summed E-state index contributed by atoms with van der Waals surface area (Å²) >= 11 is 3.32. The van der Waals surface area contributed by atoms with Gasteiger partial charge in [0, 0.05) is 10.2 Å². The van der Waals surface area contributed by atoms with Gasteiger partial charge < -0.3 is 15.2 Å². The smallest absolute Gasteiger partial charge is 0.310 e. The number of amides is 1. The molecule has 106 valence electrons. The topological polar surface area (TPSA) is 75.6 Å². The molecule has 2 bridgehead atoms. The van der Waals surface area contributed by atoms with Crippen LogP contribution in [0.2, 0.25) is 0 Å². The van der Waals surface area contributed by atoms with E-state index in [2.05, 4.69) is 21.2 Å². The second-order valence-corrected chi connectivity index (χ2v) is 6.09. The molecule has 1 aromatic carbocycles. The number of carbonyl (C=O) groups is 2. The number of carboxylic acids is 1. The Kier molecular flexibility index (Phi) is 3.52. The Morgan fingerprint density at radius 2 is 1.75 bits per heavy atom. The molecule has 0 aliphatic carbocycles. The van der Waals surface area contributed by atoms with Gasteiger partial charge in [-0.15, -0.1) is 0 Å². The first-order chi connectivity index (χ1) is 9.56. The lowest BCUT2D eigenvalue weighted by molar-refractivity contribution is -0.147. The molecular formula is C14H14BrNO4. The molecule has 2 saturated heterocycles. The maximum Gasteiger partial charge on any atom is 0.310 e. The van der Waals surface area contributed by atoms with Crippen molar-refractivity contribution in [3.63, 3.8) is 0 Å². The number of carboxylic acid groups (broad SMARTS) is 1. The quantitative estimate of drug-likeness (QED) is 0.885. The second-order valence-electron chi connectivity index (χ2n) is 5.18. The summed E-state index contributed by atoms with van der Waals surface area (Å²) in [5.74, 6) is -2.56. The maximum atomic E-state index is 12.3. The van der Waals surface area contributed by atoms with Gasteiger partial charge in [-0.3, -0.25) is 9.59 Å². The molecule has 0 unspecified atom stereocenters. The van der Waals surface area contributed by atoms with Gasteiger partial charge in [0.05, 0.1) is 24.0 Å². The van der Waals surface area contributed by atoms with Crippen LogP contribution in [0.15, 0.2) is 28.7 Å². The summed E-state index contributed by atoms with van der Waals surface area (Å²) in [6, 6.07) is 7.18. The monoisotopic (exact) mass is 339 g/mol. The van der Waals surface area contributed by atoms with Crippen LogP contribution in [-0.2, 0) is 14.3 Å². The van der Waals surface area contributed by atoms with Crippen LogP contribution in [0.3, 0.4) is 0 Å². The molecule has 6 heteroatoms. The third-order valence-corrected chi connectivity index (χ3v) is 4.50. The average molecular weight is 340 g/mol. The number of halogens is 1. The van der Waals surface area contributed by atoms with Crippen LogP contribution in [-0.4, -0.2) is 29.2 Å². The van der Waals surface area contributed by atoms with Gasteiger partial charge in [0.15, 0.2) is 0 Å². The molecule has 0 aromatic heterocycles. The number of nitrogens with one attached hydrogen (secondary N) is 1. The van der Waals surface area contributed by atoms with E-state index >= 15 is 0 Å². The first-order valence-corrected chi connectivity index (χ1v) is 7.30. The standard InChI is InChI=1S/C14H14BrNO4/c15-7-1-3-8(4-2-7)16-13(17)11-9-5-6-10(20-9)12(11)14(18)19/h1-4,9-12H,5-6H2,(H,16,17)(H,18,19)/t9-,10+,11-,12+/m1/s1. The third kappa shape index (κ3) is 2.33. The van der Waals surface area contributed by atoms with E-state index in [9.17, 15) is 14.7 Å². The lowest BCUT2D eigenvalue weighted by atomic mass is 9.78. The van der Waals surface area contributed by atoms with E-state index in [1.54, 1.807) is 12.1 Å². The molecule has 2 aliphatic rings. The Morgan fingerprint density at radius 1 is 1.15 bits per heavy atom. The van der Waals surface area contributed by atoms with Gasteiger partial charge in [0.25, 0.3) is 0 Å². The highest BCUT2D eigenvalue weighted by Gasteiger charge is 2.55. The minimum Gasteiger partial charge on any atom is -0.481 e. The molecule has 1 amide bonds. The summed E-state index contributed by atoms with van der Waals surface area (Å²) in [5.41, 5.74) is 0.658. The highest BCUT2D eigenvalue weighted by atomic mass is 79.9. The van der Waals surface area contributed by atoms with Gasteiger partial charge in [-0.25, -0.2) is 0 Å². The largest absolute Gasteiger partial charge is 0.481 e. The summed E-state index contributed by atoms with van der Waals surface area (Å²) in [4.78, 5) is 23.7. The fourth-order valence-corrected chi connectivity index (χ4v) is 3.35. The van der Waals surface area contributed by atoms with Crippen LogP contribution >= 0.6 is 15.9 Å². The Hall–Kier alpha value is -1.40.